The Morgan fingerprint density at radius 1 is 1.08 bits per heavy atom. The Morgan fingerprint density at radius 3 is 2.47 bits per heavy atom. The number of fused-ring (bicyclic) bond motifs is 1. The summed E-state index contributed by atoms with van der Waals surface area (Å²) in [6, 6.07) is 10.8. The molecule has 8 heteroatoms. The van der Waals surface area contributed by atoms with Gasteiger partial charge in [0, 0.05) is 30.4 Å². The van der Waals surface area contributed by atoms with E-state index in [4.69, 9.17) is 18.6 Å². The van der Waals surface area contributed by atoms with Crippen LogP contribution in [0.5, 0.6) is 23.2 Å². The molecule has 4 rings (SSSR count). The first-order valence-electron chi connectivity index (χ1n) is 12.0. The van der Waals surface area contributed by atoms with E-state index in [0.717, 1.165) is 18.4 Å². The van der Waals surface area contributed by atoms with Crippen LogP contribution in [-0.4, -0.2) is 33.3 Å². The maximum absolute atomic E-state index is 13.0. The minimum absolute atomic E-state index is 0.0738. The quantitative estimate of drug-likeness (QED) is 0.345. The highest BCUT2D eigenvalue weighted by Crippen LogP contribution is 2.41. The summed E-state index contributed by atoms with van der Waals surface area (Å²) in [6.07, 6.45) is 3.39. The maximum Gasteiger partial charge on any atom is 0.291 e. The number of furan rings is 1. The van der Waals surface area contributed by atoms with Gasteiger partial charge in [-0.3, -0.25) is 4.79 Å². The summed E-state index contributed by atoms with van der Waals surface area (Å²) in [5, 5.41) is 5.71. The number of carbonyl (C=O) groups is 1. The maximum atomic E-state index is 13.0. The van der Waals surface area contributed by atoms with Crippen molar-refractivity contribution in [1.82, 2.24) is 0 Å². The van der Waals surface area contributed by atoms with Gasteiger partial charge in [-0.1, -0.05) is 19.9 Å². The molecule has 1 aliphatic rings. The van der Waals surface area contributed by atoms with Gasteiger partial charge in [-0.2, -0.15) is 0 Å². The van der Waals surface area contributed by atoms with Crippen LogP contribution in [0.4, 0.5) is 15.8 Å². The standard InChI is InChI=1S/C28H33FN2O5/c1-17-13-18-7-6-10-28(2,3)20(18)16-22(17)36-25-9-8-21(35-25)27(32)31-26-23(33-4)14-19(30-12-11-29)15-24(26)34-5/h8-9,13-16,30H,6-7,10-12H2,1-5H3,(H,31,32)/i29+0. The molecule has 0 aliphatic heterocycles. The average Bonchev–Trinajstić information content (AvgIpc) is 3.32. The van der Waals surface area contributed by atoms with Crippen LogP contribution in [0.25, 0.3) is 0 Å². The molecule has 0 radical (unpaired) electrons. The molecule has 2 N–H and O–H groups in total. The normalized spacial score (nSPS) is 14.1. The number of amides is 1. The van der Waals surface area contributed by atoms with E-state index in [0.29, 0.717) is 28.6 Å². The average molecular weight is 497 g/mol. The van der Waals surface area contributed by atoms with Crippen LogP contribution in [0.15, 0.2) is 40.8 Å². The Labute approximate surface area is 210 Å². The van der Waals surface area contributed by atoms with Crippen LogP contribution in [0.2, 0.25) is 0 Å². The van der Waals surface area contributed by atoms with Gasteiger partial charge >= 0.3 is 0 Å². The van der Waals surface area contributed by atoms with Gasteiger partial charge in [0.25, 0.3) is 11.9 Å². The second-order valence-electron chi connectivity index (χ2n) is 9.56. The van der Waals surface area contributed by atoms with Crippen molar-refractivity contribution in [2.24, 2.45) is 0 Å². The Bertz CT molecular complexity index is 1230. The summed E-state index contributed by atoms with van der Waals surface area (Å²) in [6.45, 7) is 6.15. The second-order valence-corrected chi connectivity index (χ2v) is 9.56. The molecule has 0 saturated heterocycles. The molecule has 3 aromatic rings. The van der Waals surface area contributed by atoms with Gasteiger partial charge in [0.15, 0.2) is 5.76 Å². The van der Waals surface area contributed by atoms with Gasteiger partial charge in [0.1, 0.15) is 29.6 Å². The molecule has 0 fully saturated rings. The fourth-order valence-electron chi connectivity index (χ4n) is 4.66. The van der Waals surface area contributed by atoms with E-state index >= 15 is 0 Å². The van der Waals surface area contributed by atoms with Gasteiger partial charge in [0.2, 0.25) is 0 Å². The molecule has 192 valence electrons. The largest absolute Gasteiger partial charge is 0.494 e. The molecular weight excluding hydrogens is 463 g/mol. The lowest BCUT2D eigenvalue weighted by Crippen LogP contribution is -2.23. The van der Waals surface area contributed by atoms with Crippen molar-refractivity contribution in [2.75, 3.05) is 38.1 Å². The zero-order valence-electron chi connectivity index (χ0n) is 21.4. The van der Waals surface area contributed by atoms with E-state index in [1.54, 1.807) is 24.3 Å². The summed E-state index contributed by atoms with van der Waals surface area (Å²) < 4.78 is 35.2. The topological polar surface area (TPSA) is 82.0 Å². The smallest absolute Gasteiger partial charge is 0.291 e. The Balaban J connectivity index is 1.53. The summed E-state index contributed by atoms with van der Waals surface area (Å²) in [5.74, 6) is 1.24. The molecule has 1 amide bonds. The number of nitrogens with one attached hydrogen (secondary N) is 2. The SMILES string of the molecule is COc1cc(NCC[19F])cc(OC)c1NC(=O)c1ccc(Oc2cc3c(cc2C)CCCC3(C)C)o1. The van der Waals surface area contributed by atoms with Crippen molar-refractivity contribution in [3.8, 4) is 23.2 Å². The minimum atomic E-state index is -0.519. The Kier molecular flexibility index (Phi) is 7.43. The van der Waals surface area contributed by atoms with E-state index < -0.39 is 12.6 Å². The first-order valence-corrected chi connectivity index (χ1v) is 12.0. The van der Waals surface area contributed by atoms with E-state index in [1.807, 2.05) is 6.92 Å². The van der Waals surface area contributed by atoms with Gasteiger partial charge < -0.3 is 29.3 Å². The van der Waals surface area contributed by atoms with E-state index in [9.17, 15) is 9.18 Å². The van der Waals surface area contributed by atoms with Crippen molar-refractivity contribution in [3.63, 3.8) is 0 Å². The fourth-order valence-corrected chi connectivity index (χ4v) is 4.66. The number of hydrogen-bond acceptors (Lipinski definition) is 6. The molecule has 0 saturated carbocycles. The number of benzene rings is 2. The molecule has 1 aromatic heterocycles. The number of anilines is 2. The van der Waals surface area contributed by atoms with Gasteiger partial charge in [-0.25, -0.2) is 4.39 Å². The third-order valence-electron chi connectivity index (χ3n) is 6.56. The molecule has 2 aromatic carbocycles. The monoisotopic (exact) mass is 496 g/mol. The lowest BCUT2D eigenvalue weighted by atomic mass is 9.72. The van der Waals surface area contributed by atoms with Crippen LogP contribution in [0.1, 0.15) is 53.9 Å². The van der Waals surface area contributed by atoms with Crippen molar-refractivity contribution < 1.29 is 27.8 Å². The van der Waals surface area contributed by atoms with Crippen molar-refractivity contribution >= 4 is 17.3 Å². The third-order valence-corrected chi connectivity index (χ3v) is 6.56. The Hall–Kier alpha value is -3.68. The van der Waals surface area contributed by atoms with Gasteiger partial charge in [-0.05, 0) is 60.4 Å². The van der Waals surface area contributed by atoms with Crippen LogP contribution < -0.4 is 24.8 Å². The van der Waals surface area contributed by atoms with Crippen LogP contribution >= 0.6 is 0 Å². The van der Waals surface area contributed by atoms with Crippen LogP contribution in [0, 0.1) is 6.92 Å². The van der Waals surface area contributed by atoms with Gasteiger partial charge in [-0.15, -0.1) is 0 Å². The number of hydrogen-bond donors (Lipinski definition) is 2. The number of alkyl halides is 1. The summed E-state index contributed by atoms with van der Waals surface area (Å²) in [4.78, 5) is 13.0. The van der Waals surface area contributed by atoms with Crippen LogP contribution in [-0.2, 0) is 11.8 Å². The second kappa shape index (κ2) is 10.5. The molecule has 0 unspecified atom stereocenters. The zero-order chi connectivity index (χ0) is 25.9. The van der Waals surface area contributed by atoms with Crippen LogP contribution in [0.3, 0.4) is 0 Å². The summed E-state index contributed by atoms with van der Waals surface area (Å²) in [7, 11) is 2.95. The van der Waals surface area contributed by atoms with Gasteiger partial charge in [0.05, 0.1) is 14.2 Å². The first kappa shape index (κ1) is 25.4. The van der Waals surface area contributed by atoms with E-state index in [-0.39, 0.29) is 23.7 Å². The number of ether oxygens (including phenoxy) is 3. The molecule has 7 nitrogen and oxygen atoms in total. The molecular formula is C28H33FN2O5. The van der Waals surface area contributed by atoms with E-state index in [1.165, 1.54) is 31.8 Å². The van der Waals surface area contributed by atoms with Crippen molar-refractivity contribution in [3.05, 3.63) is 58.8 Å². The molecule has 1 aliphatic carbocycles. The molecule has 0 spiro atoms. The zero-order valence-corrected chi connectivity index (χ0v) is 21.4. The molecule has 1 heterocycles. The molecule has 36 heavy (non-hydrogen) atoms. The number of rotatable bonds is 9. The number of carbonyl (C=O) groups excluding carboxylic acids is 1. The Morgan fingerprint density at radius 2 is 1.81 bits per heavy atom. The molecule has 0 atom stereocenters. The fraction of sp³-hybridized carbons (Fsp3) is 0.393. The lowest BCUT2D eigenvalue weighted by Gasteiger charge is -2.33. The minimum Gasteiger partial charge on any atom is -0.494 e. The highest BCUT2D eigenvalue weighted by atomic mass is 19.1. The number of methoxy groups -OCH3 is 2. The highest BCUT2D eigenvalue weighted by molar-refractivity contribution is 6.04. The number of halogens is 1. The highest BCUT2D eigenvalue weighted by Gasteiger charge is 2.28. The first-order chi connectivity index (χ1) is 17.2. The van der Waals surface area contributed by atoms with E-state index in [2.05, 4.69) is 36.6 Å². The van der Waals surface area contributed by atoms with Crippen molar-refractivity contribution in [1.29, 1.82) is 0 Å². The molecule has 0 bridgehead atoms. The predicted octanol–water partition coefficient (Wildman–Crippen LogP) is 6.65. The summed E-state index contributed by atoms with van der Waals surface area (Å²) >= 11 is 0. The summed E-state index contributed by atoms with van der Waals surface area (Å²) in [5.41, 5.74) is 4.71. The lowest BCUT2D eigenvalue weighted by molar-refractivity contribution is 0.0991. The predicted molar refractivity (Wildman–Crippen MR) is 138 cm³/mol. The number of aryl methyl sites for hydroxylation is 2. The third kappa shape index (κ3) is 5.27. The van der Waals surface area contributed by atoms with Crippen molar-refractivity contribution in [2.45, 2.75) is 45.4 Å².